The minimum absolute atomic E-state index is 0.0331. The molecule has 0 aromatic rings. The Balaban J connectivity index is 2.18. The van der Waals surface area contributed by atoms with Crippen LogP contribution in [0.4, 0.5) is 0 Å². The highest BCUT2D eigenvalue weighted by Gasteiger charge is 2.36. The smallest absolute Gasteiger partial charge is 0.308 e. The molecular weight excluding hydrogens is 204 g/mol. The van der Waals surface area contributed by atoms with Crippen molar-refractivity contribution in [2.75, 3.05) is 6.61 Å². The van der Waals surface area contributed by atoms with Gasteiger partial charge in [-0.15, -0.1) is 0 Å². The Morgan fingerprint density at radius 1 is 1.25 bits per heavy atom. The highest BCUT2D eigenvalue weighted by molar-refractivity contribution is 5.71. The first-order chi connectivity index (χ1) is 7.41. The SMILES string of the molecule is CC(C)C(=O)OCC(C)C(C)CC1OC1C. The van der Waals surface area contributed by atoms with Crippen molar-refractivity contribution >= 4 is 5.97 Å². The summed E-state index contributed by atoms with van der Waals surface area (Å²) < 4.78 is 10.6. The predicted octanol–water partition coefficient (Wildman–Crippen LogP) is 2.64. The van der Waals surface area contributed by atoms with E-state index in [9.17, 15) is 4.79 Å². The normalized spacial score (nSPS) is 27.6. The minimum Gasteiger partial charge on any atom is -0.465 e. The van der Waals surface area contributed by atoms with E-state index >= 15 is 0 Å². The summed E-state index contributed by atoms with van der Waals surface area (Å²) >= 11 is 0. The third-order valence-electron chi connectivity index (χ3n) is 3.37. The number of carbonyl (C=O) groups is 1. The Bertz CT molecular complexity index is 237. The van der Waals surface area contributed by atoms with Crippen molar-refractivity contribution in [3.63, 3.8) is 0 Å². The number of esters is 1. The summed E-state index contributed by atoms with van der Waals surface area (Å²) in [6.45, 7) is 10.7. The molecule has 1 aliphatic rings. The highest BCUT2D eigenvalue weighted by Crippen LogP contribution is 2.30. The third-order valence-corrected chi connectivity index (χ3v) is 3.37. The van der Waals surface area contributed by atoms with Crippen molar-refractivity contribution in [1.29, 1.82) is 0 Å². The largest absolute Gasteiger partial charge is 0.465 e. The van der Waals surface area contributed by atoms with Crippen molar-refractivity contribution in [2.24, 2.45) is 17.8 Å². The molecule has 0 aromatic heterocycles. The van der Waals surface area contributed by atoms with E-state index in [1.165, 1.54) is 0 Å². The molecule has 0 saturated carbocycles. The monoisotopic (exact) mass is 228 g/mol. The molecule has 1 fully saturated rings. The molecule has 4 unspecified atom stereocenters. The van der Waals surface area contributed by atoms with Gasteiger partial charge in [-0.25, -0.2) is 0 Å². The van der Waals surface area contributed by atoms with Crippen LogP contribution in [0.1, 0.15) is 41.0 Å². The maximum Gasteiger partial charge on any atom is 0.308 e. The van der Waals surface area contributed by atoms with Gasteiger partial charge >= 0.3 is 5.97 Å². The third kappa shape index (κ3) is 4.12. The Morgan fingerprint density at radius 2 is 1.81 bits per heavy atom. The summed E-state index contributed by atoms with van der Waals surface area (Å²) in [6, 6.07) is 0. The van der Waals surface area contributed by atoms with Crippen molar-refractivity contribution < 1.29 is 14.3 Å². The van der Waals surface area contributed by atoms with Crippen LogP contribution in [-0.4, -0.2) is 24.8 Å². The van der Waals surface area contributed by atoms with Crippen LogP contribution in [0.5, 0.6) is 0 Å². The molecule has 1 rings (SSSR count). The molecule has 3 nitrogen and oxygen atoms in total. The zero-order valence-electron chi connectivity index (χ0n) is 11.0. The maximum absolute atomic E-state index is 11.3. The minimum atomic E-state index is -0.102. The molecule has 0 spiro atoms. The number of epoxide rings is 1. The molecule has 0 N–H and O–H groups in total. The van der Waals surface area contributed by atoms with E-state index in [-0.39, 0.29) is 11.9 Å². The average molecular weight is 228 g/mol. The molecule has 0 amide bonds. The maximum atomic E-state index is 11.3. The van der Waals surface area contributed by atoms with E-state index in [0.717, 1.165) is 6.42 Å². The number of rotatable bonds is 6. The van der Waals surface area contributed by atoms with E-state index in [2.05, 4.69) is 20.8 Å². The van der Waals surface area contributed by atoms with Gasteiger partial charge in [0.05, 0.1) is 24.7 Å². The van der Waals surface area contributed by atoms with Gasteiger partial charge in [-0.05, 0) is 25.2 Å². The first kappa shape index (κ1) is 13.5. The first-order valence-corrected chi connectivity index (χ1v) is 6.24. The predicted molar refractivity (Wildman–Crippen MR) is 63.1 cm³/mol. The van der Waals surface area contributed by atoms with E-state index in [1.54, 1.807) is 0 Å². The lowest BCUT2D eigenvalue weighted by Gasteiger charge is -2.19. The fourth-order valence-corrected chi connectivity index (χ4v) is 1.62. The molecule has 16 heavy (non-hydrogen) atoms. The van der Waals surface area contributed by atoms with Gasteiger partial charge in [-0.2, -0.15) is 0 Å². The number of ether oxygens (including phenoxy) is 2. The molecule has 1 aliphatic heterocycles. The fourth-order valence-electron chi connectivity index (χ4n) is 1.62. The van der Waals surface area contributed by atoms with Crippen LogP contribution >= 0.6 is 0 Å². The Kier molecular flexibility index (Phi) is 4.78. The van der Waals surface area contributed by atoms with Crippen LogP contribution in [-0.2, 0) is 14.3 Å². The van der Waals surface area contributed by atoms with E-state index in [1.807, 2.05) is 13.8 Å². The molecule has 0 radical (unpaired) electrons. The van der Waals surface area contributed by atoms with Crippen molar-refractivity contribution in [2.45, 2.75) is 53.2 Å². The van der Waals surface area contributed by atoms with Gasteiger partial charge < -0.3 is 9.47 Å². The second-order valence-corrected chi connectivity index (χ2v) is 5.35. The lowest BCUT2D eigenvalue weighted by atomic mass is 9.91. The molecule has 94 valence electrons. The Morgan fingerprint density at radius 3 is 2.25 bits per heavy atom. The Labute approximate surface area is 98.5 Å². The quantitative estimate of drug-likeness (QED) is 0.518. The fraction of sp³-hybridized carbons (Fsp3) is 0.923. The highest BCUT2D eigenvalue weighted by atomic mass is 16.6. The zero-order valence-corrected chi connectivity index (χ0v) is 11.0. The van der Waals surface area contributed by atoms with Crippen LogP contribution in [0.15, 0.2) is 0 Å². The van der Waals surface area contributed by atoms with Gasteiger partial charge in [-0.3, -0.25) is 4.79 Å². The summed E-state index contributed by atoms with van der Waals surface area (Å²) in [5.74, 6) is 0.804. The Hall–Kier alpha value is -0.570. The molecule has 4 atom stereocenters. The molecule has 3 heteroatoms. The van der Waals surface area contributed by atoms with Crippen molar-refractivity contribution in [3.8, 4) is 0 Å². The van der Waals surface area contributed by atoms with Crippen molar-refractivity contribution in [1.82, 2.24) is 0 Å². The summed E-state index contributed by atoms with van der Waals surface area (Å²) in [6.07, 6.45) is 1.92. The number of carbonyl (C=O) groups excluding carboxylic acids is 1. The van der Waals surface area contributed by atoms with Crippen LogP contribution in [0.25, 0.3) is 0 Å². The van der Waals surface area contributed by atoms with Crippen LogP contribution in [0.2, 0.25) is 0 Å². The van der Waals surface area contributed by atoms with E-state index in [4.69, 9.17) is 9.47 Å². The molecular formula is C13H24O3. The molecule has 1 heterocycles. The van der Waals surface area contributed by atoms with Gasteiger partial charge in [0.1, 0.15) is 0 Å². The number of hydrogen-bond donors (Lipinski definition) is 0. The first-order valence-electron chi connectivity index (χ1n) is 6.24. The second kappa shape index (κ2) is 5.67. The standard InChI is InChI=1S/C13H24O3/c1-8(2)13(14)15-7-10(4)9(3)6-12-11(5)16-12/h8-12H,6-7H2,1-5H3. The van der Waals surface area contributed by atoms with Crippen LogP contribution in [0.3, 0.4) is 0 Å². The van der Waals surface area contributed by atoms with Gasteiger partial charge in [-0.1, -0.05) is 27.7 Å². The van der Waals surface area contributed by atoms with Gasteiger partial charge in [0.25, 0.3) is 0 Å². The van der Waals surface area contributed by atoms with E-state index < -0.39 is 0 Å². The number of hydrogen-bond acceptors (Lipinski definition) is 3. The van der Waals surface area contributed by atoms with Crippen molar-refractivity contribution in [3.05, 3.63) is 0 Å². The van der Waals surface area contributed by atoms with E-state index in [0.29, 0.717) is 30.7 Å². The lowest BCUT2D eigenvalue weighted by molar-refractivity contribution is -0.149. The average Bonchev–Trinajstić information content (AvgIpc) is 2.89. The summed E-state index contributed by atoms with van der Waals surface area (Å²) in [7, 11) is 0. The molecule has 0 aliphatic carbocycles. The molecule has 1 saturated heterocycles. The molecule has 0 aromatic carbocycles. The summed E-state index contributed by atoms with van der Waals surface area (Å²) in [5.41, 5.74) is 0. The molecule has 0 bridgehead atoms. The summed E-state index contributed by atoms with van der Waals surface area (Å²) in [4.78, 5) is 11.3. The van der Waals surface area contributed by atoms with Crippen LogP contribution in [0, 0.1) is 17.8 Å². The second-order valence-electron chi connectivity index (χ2n) is 5.35. The van der Waals surface area contributed by atoms with Gasteiger partial charge in [0.2, 0.25) is 0 Å². The van der Waals surface area contributed by atoms with Gasteiger partial charge in [0.15, 0.2) is 0 Å². The van der Waals surface area contributed by atoms with Gasteiger partial charge in [0, 0.05) is 0 Å². The topological polar surface area (TPSA) is 38.8 Å². The summed E-state index contributed by atoms with van der Waals surface area (Å²) in [5, 5.41) is 0. The van der Waals surface area contributed by atoms with Crippen LogP contribution < -0.4 is 0 Å². The zero-order chi connectivity index (χ0) is 12.3. The lowest BCUT2D eigenvalue weighted by Crippen LogP contribution is -2.21.